The number of hydrogen-bond acceptors (Lipinski definition) is 4. The SMILES string of the molecule is C=CC(C#N)(CCCC(=O)O)N=N. The van der Waals surface area contributed by atoms with E-state index < -0.39 is 11.5 Å². The molecule has 1 unspecified atom stereocenters. The van der Waals surface area contributed by atoms with Gasteiger partial charge in [-0.05, 0) is 18.9 Å². The van der Waals surface area contributed by atoms with Crippen LogP contribution < -0.4 is 0 Å². The summed E-state index contributed by atoms with van der Waals surface area (Å²) in [5.74, 6) is -0.916. The number of nitrogens with one attached hydrogen (secondary N) is 1. The topological polar surface area (TPSA) is 97.3 Å². The van der Waals surface area contributed by atoms with Gasteiger partial charge in [0.25, 0.3) is 0 Å². The summed E-state index contributed by atoms with van der Waals surface area (Å²) < 4.78 is 0. The molecular weight excluding hydrogens is 170 g/mol. The lowest BCUT2D eigenvalue weighted by atomic mass is 9.95. The molecule has 0 saturated carbocycles. The molecule has 0 fully saturated rings. The van der Waals surface area contributed by atoms with E-state index in [1.54, 1.807) is 0 Å². The monoisotopic (exact) mass is 181 g/mol. The Kier molecular flexibility index (Phi) is 4.38. The number of rotatable bonds is 6. The minimum Gasteiger partial charge on any atom is -0.481 e. The second kappa shape index (κ2) is 5.04. The Morgan fingerprint density at radius 1 is 1.85 bits per heavy atom. The maximum Gasteiger partial charge on any atom is 0.303 e. The minimum absolute atomic E-state index is 0.0210. The van der Waals surface area contributed by atoms with Gasteiger partial charge in [0, 0.05) is 6.42 Å². The molecule has 0 aromatic heterocycles. The molecule has 0 aromatic rings. The average Bonchev–Trinajstić information content (AvgIpc) is 2.13. The van der Waals surface area contributed by atoms with Crippen LogP contribution in [0.4, 0.5) is 0 Å². The normalized spacial score (nSPS) is 13.8. The summed E-state index contributed by atoms with van der Waals surface area (Å²) in [6, 6.07) is 1.82. The molecule has 0 aliphatic carbocycles. The van der Waals surface area contributed by atoms with Gasteiger partial charge in [0.05, 0.1) is 6.07 Å². The maximum atomic E-state index is 10.2. The van der Waals surface area contributed by atoms with Crippen LogP contribution in [0.5, 0.6) is 0 Å². The van der Waals surface area contributed by atoms with Crippen LogP contribution in [0.15, 0.2) is 17.8 Å². The van der Waals surface area contributed by atoms with E-state index in [9.17, 15) is 4.79 Å². The Labute approximate surface area is 76.2 Å². The number of carbonyl (C=O) groups is 1. The van der Waals surface area contributed by atoms with E-state index >= 15 is 0 Å². The van der Waals surface area contributed by atoms with Crippen LogP contribution in [0.1, 0.15) is 19.3 Å². The number of carboxylic acids is 1. The van der Waals surface area contributed by atoms with Crippen molar-refractivity contribution < 1.29 is 9.90 Å². The van der Waals surface area contributed by atoms with Crippen molar-refractivity contribution in [2.45, 2.75) is 24.8 Å². The van der Waals surface area contributed by atoms with Crippen molar-refractivity contribution in [1.29, 1.82) is 10.8 Å². The molecule has 0 aliphatic heterocycles. The molecule has 13 heavy (non-hydrogen) atoms. The highest BCUT2D eigenvalue weighted by molar-refractivity contribution is 5.66. The van der Waals surface area contributed by atoms with E-state index in [0.29, 0.717) is 6.42 Å². The zero-order valence-corrected chi connectivity index (χ0v) is 7.16. The molecule has 0 spiro atoms. The van der Waals surface area contributed by atoms with Crippen LogP contribution >= 0.6 is 0 Å². The van der Waals surface area contributed by atoms with Gasteiger partial charge in [-0.3, -0.25) is 4.79 Å². The van der Waals surface area contributed by atoms with Gasteiger partial charge in [0.15, 0.2) is 5.54 Å². The summed E-state index contributed by atoms with van der Waals surface area (Å²) in [5.41, 5.74) is 5.54. The van der Waals surface area contributed by atoms with Crippen molar-refractivity contribution in [3.05, 3.63) is 12.7 Å². The average molecular weight is 181 g/mol. The predicted molar refractivity (Wildman–Crippen MR) is 45.2 cm³/mol. The smallest absolute Gasteiger partial charge is 0.303 e. The van der Waals surface area contributed by atoms with Crippen molar-refractivity contribution in [2.24, 2.45) is 5.11 Å². The summed E-state index contributed by atoms with van der Waals surface area (Å²) in [7, 11) is 0. The standard InChI is InChI=1S/C8H11N3O2/c1-2-8(6-9,11-10)5-3-4-7(12)13/h2,10H,1,3-5H2,(H,12,13). The van der Waals surface area contributed by atoms with Gasteiger partial charge in [0.1, 0.15) is 0 Å². The van der Waals surface area contributed by atoms with Gasteiger partial charge in [-0.2, -0.15) is 10.4 Å². The van der Waals surface area contributed by atoms with E-state index in [4.69, 9.17) is 15.9 Å². The number of nitrogens with zero attached hydrogens (tertiary/aromatic N) is 2. The summed E-state index contributed by atoms with van der Waals surface area (Å²) >= 11 is 0. The first-order chi connectivity index (χ1) is 6.10. The van der Waals surface area contributed by atoms with E-state index in [1.807, 2.05) is 6.07 Å². The molecule has 0 heterocycles. The Balaban J connectivity index is 4.13. The van der Waals surface area contributed by atoms with Crippen molar-refractivity contribution in [2.75, 3.05) is 0 Å². The van der Waals surface area contributed by atoms with Crippen molar-refractivity contribution in [3.8, 4) is 6.07 Å². The quantitative estimate of drug-likeness (QED) is 0.482. The van der Waals surface area contributed by atoms with Crippen LogP contribution in [0.3, 0.4) is 0 Å². The van der Waals surface area contributed by atoms with Crippen molar-refractivity contribution in [3.63, 3.8) is 0 Å². The minimum atomic E-state index is -1.24. The maximum absolute atomic E-state index is 10.2. The fourth-order valence-corrected chi connectivity index (χ4v) is 0.839. The first kappa shape index (κ1) is 11.3. The van der Waals surface area contributed by atoms with Crippen LogP contribution in [0, 0.1) is 16.9 Å². The fraction of sp³-hybridized carbons (Fsp3) is 0.500. The first-order valence-electron chi connectivity index (χ1n) is 3.75. The van der Waals surface area contributed by atoms with Crippen molar-refractivity contribution >= 4 is 5.97 Å². The third-order valence-electron chi connectivity index (χ3n) is 1.68. The number of hydrogen-bond donors (Lipinski definition) is 2. The summed E-state index contributed by atoms with van der Waals surface area (Å²) in [6.45, 7) is 3.39. The molecule has 2 N–H and O–H groups in total. The van der Waals surface area contributed by atoms with Gasteiger partial charge < -0.3 is 5.11 Å². The number of aliphatic carboxylic acids is 1. The zero-order chi connectivity index (χ0) is 10.3. The highest BCUT2D eigenvalue weighted by atomic mass is 16.4. The number of nitriles is 1. The molecule has 0 saturated heterocycles. The third kappa shape index (κ3) is 3.47. The van der Waals surface area contributed by atoms with E-state index in [2.05, 4.69) is 11.7 Å². The largest absolute Gasteiger partial charge is 0.481 e. The molecule has 0 amide bonds. The molecule has 0 aliphatic rings. The van der Waals surface area contributed by atoms with Gasteiger partial charge in [-0.15, -0.1) is 0 Å². The summed E-state index contributed by atoms with van der Waals surface area (Å²) in [4.78, 5) is 10.2. The first-order valence-corrected chi connectivity index (χ1v) is 3.75. The van der Waals surface area contributed by atoms with Gasteiger partial charge in [-0.25, -0.2) is 5.53 Å². The lowest BCUT2D eigenvalue weighted by molar-refractivity contribution is -0.137. The second-order valence-electron chi connectivity index (χ2n) is 2.60. The van der Waals surface area contributed by atoms with Crippen LogP contribution in [-0.4, -0.2) is 16.6 Å². The van der Waals surface area contributed by atoms with E-state index in [0.717, 1.165) is 0 Å². The summed E-state index contributed by atoms with van der Waals surface area (Å²) in [5, 5.41) is 20.1. The highest BCUT2D eigenvalue weighted by Gasteiger charge is 2.24. The number of carboxylic acid groups (broad SMARTS) is 1. The zero-order valence-electron chi connectivity index (χ0n) is 7.16. The van der Waals surface area contributed by atoms with Crippen LogP contribution in [-0.2, 0) is 4.79 Å². The fourth-order valence-electron chi connectivity index (χ4n) is 0.839. The van der Waals surface area contributed by atoms with Gasteiger partial charge >= 0.3 is 5.97 Å². The van der Waals surface area contributed by atoms with Crippen LogP contribution in [0.2, 0.25) is 0 Å². The molecule has 5 heteroatoms. The van der Waals surface area contributed by atoms with E-state index in [1.165, 1.54) is 6.08 Å². The molecular formula is C8H11N3O2. The molecule has 0 bridgehead atoms. The predicted octanol–water partition coefficient (Wildman–Crippen LogP) is 1.72. The highest BCUT2D eigenvalue weighted by Crippen LogP contribution is 2.19. The lowest BCUT2D eigenvalue weighted by Crippen LogP contribution is -2.20. The Morgan fingerprint density at radius 2 is 2.46 bits per heavy atom. The third-order valence-corrected chi connectivity index (χ3v) is 1.68. The summed E-state index contributed by atoms with van der Waals surface area (Å²) in [6.07, 6.45) is 1.79. The molecule has 0 aromatic carbocycles. The van der Waals surface area contributed by atoms with Gasteiger partial charge in [0.2, 0.25) is 0 Å². The lowest BCUT2D eigenvalue weighted by Gasteiger charge is -2.13. The Hall–Kier alpha value is -1.70. The molecule has 0 rings (SSSR count). The van der Waals surface area contributed by atoms with E-state index in [-0.39, 0.29) is 12.8 Å². The second-order valence-corrected chi connectivity index (χ2v) is 2.60. The molecule has 0 radical (unpaired) electrons. The Bertz CT molecular complexity index is 247. The molecule has 70 valence electrons. The van der Waals surface area contributed by atoms with Crippen molar-refractivity contribution in [1.82, 2.24) is 0 Å². The molecule has 1 atom stereocenters. The Morgan fingerprint density at radius 3 is 2.77 bits per heavy atom. The van der Waals surface area contributed by atoms with Crippen LogP contribution in [0.25, 0.3) is 0 Å². The van der Waals surface area contributed by atoms with Gasteiger partial charge in [-0.1, -0.05) is 6.58 Å². The molecule has 5 nitrogen and oxygen atoms in total.